The number of carbonyl (C=O) groups is 3. The molecular weight excluding hydrogens is 1010 g/mol. The maximum Gasteiger partial charge on any atom is 0.418 e. The van der Waals surface area contributed by atoms with Gasteiger partial charge in [-0.2, -0.15) is 9.67 Å². The van der Waals surface area contributed by atoms with Crippen molar-refractivity contribution in [3.8, 4) is 11.4 Å². The Labute approximate surface area is 443 Å². The molecule has 0 bridgehead atoms. The number of anilines is 3. The molecule has 0 spiro atoms. The first-order valence-electron chi connectivity index (χ1n) is 24.8. The molecule has 0 radical (unpaired) electrons. The van der Waals surface area contributed by atoms with Crippen molar-refractivity contribution in [3.63, 3.8) is 0 Å². The number of rotatable bonds is 21. The topological polar surface area (TPSA) is 245 Å². The molecule has 24 heteroatoms. The average Bonchev–Trinajstić information content (AvgIpc) is 4.16. The molecule has 6 aromatic rings. The van der Waals surface area contributed by atoms with Gasteiger partial charge < -0.3 is 57.7 Å². The van der Waals surface area contributed by atoms with Crippen LogP contribution in [0.4, 0.5) is 30.8 Å². The summed E-state index contributed by atoms with van der Waals surface area (Å²) < 4.78 is 59.6. The Morgan fingerprint density at radius 1 is 0.974 bits per heavy atom. The van der Waals surface area contributed by atoms with Crippen LogP contribution < -0.4 is 53.6 Å². The van der Waals surface area contributed by atoms with Gasteiger partial charge in [-0.05, 0) is 86.8 Å². The minimum Gasteiger partial charge on any atom is -1.00 e. The highest BCUT2D eigenvalue weighted by atomic mass is 35.5. The van der Waals surface area contributed by atoms with Crippen LogP contribution in [0.25, 0.3) is 5.69 Å². The van der Waals surface area contributed by atoms with E-state index in [1.807, 2.05) is 55.5 Å². The van der Waals surface area contributed by atoms with Gasteiger partial charge in [0.25, 0.3) is 6.33 Å². The van der Waals surface area contributed by atoms with E-state index in [-0.39, 0.29) is 74.6 Å². The Kier molecular flexibility index (Phi) is 18.4. The molecular formula is C52H63ClF2N12O9. The van der Waals surface area contributed by atoms with Gasteiger partial charge in [-0.15, -0.1) is 4.68 Å². The summed E-state index contributed by atoms with van der Waals surface area (Å²) in [7, 11) is 1.45. The van der Waals surface area contributed by atoms with E-state index in [4.69, 9.17) is 30.4 Å². The van der Waals surface area contributed by atoms with E-state index in [1.54, 1.807) is 36.9 Å². The van der Waals surface area contributed by atoms with Crippen molar-refractivity contribution in [2.24, 2.45) is 17.4 Å². The number of aliphatic hydroxyl groups excluding tert-OH is 1. The first-order chi connectivity index (χ1) is 36.0. The van der Waals surface area contributed by atoms with Crippen LogP contribution in [-0.4, -0.2) is 111 Å². The summed E-state index contributed by atoms with van der Waals surface area (Å²) in [5.41, 5.74) is 12.8. The van der Waals surface area contributed by atoms with Crippen LogP contribution in [0.2, 0.25) is 0 Å². The molecule has 76 heavy (non-hydrogen) atoms. The summed E-state index contributed by atoms with van der Waals surface area (Å²) in [6.07, 6.45) is 4.46. The molecule has 2 aliphatic heterocycles. The number of amides is 2. The number of piperazine rings is 1. The van der Waals surface area contributed by atoms with Crippen LogP contribution in [0, 0.1) is 17.6 Å². The molecule has 6 atom stereocenters. The molecule has 0 saturated carbocycles. The number of aliphatic hydroxyl groups is 1. The fourth-order valence-corrected chi connectivity index (χ4v) is 9.42. The van der Waals surface area contributed by atoms with Gasteiger partial charge in [0.05, 0.1) is 31.0 Å². The number of benzene rings is 3. The van der Waals surface area contributed by atoms with Crippen molar-refractivity contribution in [2.45, 2.75) is 89.6 Å². The minimum atomic E-state index is -1.25. The zero-order valence-electron chi connectivity index (χ0n) is 42.7. The monoisotopic (exact) mass is 1070 g/mol. The van der Waals surface area contributed by atoms with Gasteiger partial charge in [-0.1, -0.05) is 19.1 Å². The smallest absolute Gasteiger partial charge is 0.418 e. The summed E-state index contributed by atoms with van der Waals surface area (Å²) in [4.78, 5) is 60.1. The number of hydrogen-bond acceptors (Lipinski definition) is 15. The first-order valence-corrected chi connectivity index (χ1v) is 24.8. The van der Waals surface area contributed by atoms with Gasteiger partial charge in [-0.3, -0.25) is 14.5 Å². The van der Waals surface area contributed by atoms with Gasteiger partial charge in [0, 0.05) is 92.4 Å². The molecule has 5 N–H and O–H groups in total. The highest BCUT2D eigenvalue weighted by Crippen LogP contribution is 2.42. The van der Waals surface area contributed by atoms with Gasteiger partial charge in [-0.25, -0.2) is 32.6 Å². The molecule has 2 aliphatic rings. The summed E-state index contributed by atoms with van der Waals surface area (Å²) >= 11 is 0. The Bertz CT molecular complexity index is 2990. The number of aromatic nitrogens is 7. The van der Waals surface area contributed by atoms with E-state index >= 15 is 4.39 Å². The number of primary amides is 1. The molecule has 3 aromatic carbocycles. The van der Waals surface area contributed by atoms with Crippen molar-refractivity contribution in [1.29, 1.82) is 0 Å². The number of nitrogens with zero attached hydrogens (tertiary/aromatic N) is 10. The maximum atomic E-state index is 15.6. The third-order valence-electron chi connectivity index (χ3n) is 13.6. The largest absolute Gasteiger partial charge is 1.00 e. The van der Waals surface area contributed by atoms with Gasteiger partial charge in [0.1, 0.15) is 54.3 Å². The number of pyridine rings is 1. The second-order valence-electron chi connectivity index (χ2n) is 18.9. The Morgan fingerprint density at radius 2 is 1.64 bits per heavy atom. The second-order valence-corrected chi connectivity index (χ2v) is 18.9. The lowest BCUT2D eigenvalue weighted by molar-refractivity contribution is -0.753. The number of nitrogens with two attached hydrogens (primary N) is 2. The Morgan fingerprint density at radius 3 is 2.29 bits per heavy atom. The minimum absolute atomic E-state index is 0. The van der Waals surface area contributed by atoms with Crippen LogP contribution in [0.5, 0.6) is 5.75 Å². The summed E-state index contributed by atoms with van der Waals surface area (Å²) in [5, 5.41) is 18.9. The van der Waals surface area contributed by atoms with Crippen LogP contribution in [-0.2, 0) is 42.6 Å². The van der Waals surface area contributed by atoms with Crippen LogP contribution in [0.15, 0.2) is 109 Å². The van der Waals surface area contributed by atoms with Gasteiger partial charge in [0.2, 0.25) is 18.5 Å². The lowest BCUT2D eigenvalue weighted by Gasteiger charge is -2.37. The number of carbonyl (C=O) groups excluding carboxylic acids is 3. The third kappa shape index (κ3) is 13.1. The van der Waals surface area contributed by atoms with Gasteiger partial charge >= 0.3 is 17.8 Å². The number of esters is 1. The van der Waals surface area contributed by atoms with E-state index in [9.17, 15) is 28.7 Å². The first kappa shape index (κ1) is 56.3. The number of hydrogen-bond donors (Lipinski definition) is 3. The zero-order chi connectivity index (χ0) is 53.4. The molecule has 2 saturated heterocycles. The average molecular weight is 1070 g/mol. The summed E-state index contributed by atoms with van der Waals surface area (Å²) in [5.74, 6) is -2.17. The number of ether oxygens (including phenoxy) is 4. The normalized spacial score (nSPS) is 18.0. The van der Waals surface area contributed by atoms with Crippen LogP contribution >= 0.6 is 0 Å². The third-order valence-corrected chi connectivity index (χ3v) is 13.6. The molecule has 5 heterocycles. The van der Waals surface area contributed by atoms with Crippen LogP contribution in [0.3, 0.4) is 0 Å². The molecule has 8 rings (SSSR count). The second kappa shape index (κ2) is 24.9. The highest BCUT2D eigenvalue weighted by Gasteiger charge is 2.46. The maximum absolute atomic E-state index is 15.6. The van der Waals surface area contributed by atoms with Crippen molar-refractivity contribution >= 4 is 35.2 Å². The number of halogens is 3. The van der Waals surface area contributed by atoms with Crippen LogP contribution in [0.1, 0.15) is 69.9 Å². The Hall–Kier alpha value is -7.47. The lowest BCUT2D eigenvalue weighted by atomic mass is 9.87. The fourth-order valence-electron chi connectivity index (χ4n) is 9.42. The predicted octanol–water partition coefficient (Wildman–Crippen LogP) is 1.29. The molecule has 2 amide bonds. The molecule has 1 unspecified atom stereocenters. The summed E-state index contributed by atoms with van der Waals surface area (Å²) in [6, 6.07) is 20.9. The predicted molar refractivity (Wildman–Crippen MR) is 270 cm³/mol. The quantitative estimate of drug-likeness (QED) is 0.0680. The molecule has 0 aliphatic carbocycles. The SMILES string of the molecule is CC[C@@H]([C@H](C)O)n1ncn(-c2ccc(N3CCN(c4ccc(OC[C@@H]5CO[C@@](Cn6c[n+](C(C)OC(=O)N(C)c7ncccc7COC(=O)[C@@H](N)CCC(N)=O)cn6)(c6ccc(F)cc6F)C5)cc4)CC3)cc2)c1=O.[Cl-]. The van der Waals surface area contributed by atoms with Crippen molar-refractivity contribution in [1.82, 2.24) is 29.1 Å². The Balaban J connectivity index is 0.00000840. The summed E-state index contributed by atoms with van der Waals surface area (Å²) in [6.45, 7) is 8.64. The molecule has 406 valence electrons. The fraction of sp³-hybridized carbons (Fsp3) is 0.423. The van der Waals surface area contributed by atoms with Crippen molar-refractivity contribution in [2.75, 3.05) is 61.1 Å². The van der Waals surface area contributed by atoms with E-state index < -0.39 is 59.6 Å². The van der Waals surface area contributed by atoms with Crippen molar-refractivity contribution < 1.29 is 64.2 Å². The van der Waals surface area contributed by atoms with E-state index in [0.717, 1.165) is 48.5 Å². The highest BCUT2D eigenvalue weighted by molar-refractivity contribution is 5.86. The zero-order valence-corrected chi connectivity index (χ0v) is 43.4. The van der Waals surface area contributed by atoms with E-state index in [2.05, 4.69) is 25.0 Å². The van der Waals surface area contributed by atoms with Gasteiger partial charge in [0.15, 0.2) is 0 Å². The molecule has 2 fully saturated rings. The lowest BCUT2D eigenvalue weighted by Crippen LogP contribution is -3.00. The van der Waals surface area contributed by atoms with E-state index in [0.29, 0.717) is 29.8 Å². The molecule has 3 aromatic heterocycles. The standard InChI is InChI=1S/C52H62F2N12O9.ClH/c1-5-46(34(2)67)66-50(70)65(32-59-66)41-11-9-39(10-12-41)61-21-23-62(24-22-61)40-13-15-42(16-14-40)72-27-36-26-52(74-28-36,43-17-8-38(53)25-44(43)54)30-64-33-63(31-58-64)35(3)75-51(71)60(4)48-37(7-6-20-57-48)29-73-49(69)45(55)18-19-47(56)68;/h6-17,20,25,31-36,45-46,67H,5,18-19,21-24,26-30,55H2,1-4H3,(H-,56,68);1H/t34-,35?,36+,45-,46-,52-;/m0./s1. The molecule has 21 nitrogen and oxygen atoms in total. The van der Waals surface area contributed by atoms with E-state index in [1.165, 1.54) is 52.0 Å². The van der Waals surface area contributed by atoms with Crippen molar-refractivity contribution in [3.05, 3.63) is 137 Å².